The van der Waals surface area contributed by atoms with Crippen LogP contribution in [0, 0.1) is 0 Å². The Hall–Kier alpha value is -2.44. The Morgan fingerprint density at radius 1 is 0.897 bits per heavy atom. The molecule has 0 radical (unpaired) electrons. The molecule has 2 aromatic carbocycles. The highest BCUT2D eigenvalue weighted by Crippen LogP contribution is 2.40. The van der Waals surface area contributed by atoms with Crippen molar-refractivity contribution in [3.8, 4) is 17.2 Å². The van der Waals surface area contributed by atoms with E-state index < -0.39 is 0 Å². The van der Waals surface area contributed by atoms with Crippen LogP contribution in [0.1, 0.15) is 11.1 Å². The number of methoxy groups -OCH3 is 3. The number of rotatable bonds is 7. The van der Waals surface area contributed by atoms with Crippen molar-refractivity contribution < 1.29 is 19.0 Å². The average molecular weight is 419 g/mol. The average Bonchev–Trinajstić information content (AvgIpc) is 2.75. The van der Waals surface area contributed by atoms with Gasteiger partial charge in [-0.05, 0) is 23.8 Å². The van der Waals surface area contributed by atoms with Crippen LogP contribution in [-0.2, 0) is 17.8 Å². The Bertz CT molecular complexity index is 833. The fourth-order valence-electron chi connectivity index (χ4n) is 3.57. The van der Waals surface area contributed by atoms with Gasteiger partial charge in [-0.1, -0.05) is 29.8 Å². The van der Waals surface area contributed by atoms with Crippen molar-refractivity contribution in [1.29, 1.82) is 0 Å². The Morgan fingerprint density at radius 3 is 2.14 bits per heavy atom. The van der Waals surface area contributed by atoms with E-state index in [0.29, 0.717) is 41.8 Å². The molecule has 29 heavy (non-hydrogen) atoms. The van der Waals surface area contributed by atoms with E-state index in [1.807, 2.05) is 41.3 Å². The van der Waals surface area contributed by atoms with Crippen molar-refractivity contribution in [1.82, 2.24) is 9.80 Å². The van der Waals surface area contributed by atoms with E-state index in [0.717, 1.165) is 30.8 Å². The molecule has 1 fully saturated rings. The summed E-state index contributed by atoms with van der Waals surface area (Å²) in [5, 5.41) is 0.681. The highest BCUT2D eigenvalue weighted by atomic mass is 35.5. The van der Waals surface area contributed by atoms with Gasteiger partial charge in [0.1, 0.15) is 0 Å². The van der Waals surface area contributed by atoms with Gasteiger partial charge in [-0.2, -0.15) is 0 Å². The first-order valence-corrected chi connectivity index (χ1v) is 9.96. The van der Waals surface area contributed by atoms with Crippen molar-refractivity contribution in [3.05, 3.63) is 52.5 Å². The first kappa shape index (κ1) is 21.3. The molecule has 1 aliphatic rings. The predicted octanol–water partition coefficient (Wildman–Crippen LogP) is 3.25. The minimum Gasteiger partial charge on any atom is -0.493 e. The first-order chi connectivity index (χ1) is 14.0. The van der Waals surface area contributed by atoms with Crippen LogP contribution in [0.3, 0.4) is 0 Å². The molecule has 156 valence electrons. The molecule has 0 saturated carbocycles. The monoisotopic (exact) mass is 418 g/mol. The van der Waals surface area contributed by atoms with Crippen LogP contribution in [0.15, 0.2) is 36.4 Å². The van der Waals surface area contributed by atoms with E-state index in [1.165, 1.54) is 0 Å². The summed E-state index contributed by atoms with van der Waals surface area (Å²) in [6.07, 6.45) is 0.403. The lowest BCUT2D eigenvalue weighted by atomic mass is 10.1. The lowest BCUT2D eigenvalue weighted by Crippen LogP contribution is -2.48. The molecule has 1 heterocycles. The summed E-state index contributed by atoms with van der Waals surface area (Å²) in [6.45, 7) is 3.76. The predicted molar refractivity (Wildman–Crippen MR) is 113 cm³/mol. The third-order valence-corrected chi connectivity index (χ3v) is 5.43. The van der Waals surface area contributed by atoms with Crippen molar-refractivity contribution >= 4 is 17.5 Å². The maximum absolute atomic E-state index is 12.6. The Morgan fingerprint density at radius 2 is 1.55 bits per heavy atom. The van der Waals surface area contributed by atoms with E-state index in [1.54, 1.807) is 21.3 Å². The molecule has 1 saturated heterocycles. The summed E-state index contributed by atoms with van der Waals surface area (Å²) >= 11 is 5.91. The van der Waals surface area contributed by atoms with Gasteiger partial charge >= 0.3 is 0 Å². The van der Waals surface area contributed by atoms with E-state index >= 15 is 0 Å². The summed E-state index contributed by atoms with van der Waals surface area (Å²) in [5.41, 5.74) is 2.02. The number of halogens is 1. The molecule has 3 rings (SSSR count). The van der Waals surface area contributed by atoms with Crippen LogP contribution in [0.25, 0.3) is 0 Å². The van der Waals surface area contributed by atoms with Gasteiger partial charge in [-0.3, -0.25) is 9.69 Å². The number of carbonyl (C=O) groups excluding carboxylic acids is 1. The number of amides is 1. The van der Waals surface area contributed by atoms with Crippen LogP contribution >= 0.6 is 11.6 Å². The minimum atomic E-state index is 0.149. The smallest absolute Gasteiger partial charge is 0.227 e. The van der Waals surface area contributed by atoms with Crippen LogP contribution in [0.2, 0.25) is 5.02 Å². The minimum absolute atomic E-state index is 0.149. The summed E-state index contributed by atoms with van der Waals surface area (Å²) in [4.78, 5) is 16.8. The molecule has 0 aliphatic carbocycles. The molecule has 0 spiro atoms. The van der Waals surface area contributed by atoms with Crippen LogP contribution in [0.4, 0.5) is 0 Å². The summed E-state index contributed by atoms with van der Waals surface area (Å²) < 4.78 is 16.4. The van der Waals surface area contributed by atoms with E-state index in [4.69, 9.17) is 25.8 Å². The zero-order chi connectivity index (χ0) is 20.8. The summed E-state index contributed by atoms with van der Waals surface area (Å²) in [7, 11) is 4.85. The number of nitrogens with zero attached hydrogens (tertiary/aromatic N) is 2. The van der Waals surface area contributed by atoms with E-state index in [9.17, 15) is 4.79 Å². The summed E-state index contributed by atoms with van der Waals surface area (Å²) in [6, 6.07) is 11.3. The molecule has 2 aromatic rings. The van der Waals surface area contributed by atoms with E-state index in [2.05, 4.69) is 4.90 Å². The molecular weight excluding hydrogens is 392 g/mol. The molecule has 0 atom stereocenters. The van der Waals surface area contributed by atoms with Crippen molar-refractivity contribution in [2.24, 2.45) is 0 Å². The second kappa shape index (κ2) is 9.85. The summed E-state index contributed by atoms with van der Waals surface area (Å²) in [5.74, 6) is 2.08. The number of piperazine rings is 1. The number of hydrogen-bond donors (Lipinski definition) is 0. The second-order valence-corrected chi connectivity index (χ2v) is 7.39. The van der Waals surface area contributed by atoms with Crippen molar-refractivity contribution in [2.45, 2.75) is 13.0 Å². The fraction of sp³-hybridized carbons (Fsp3) is 0.409. The maximum Gasteiger partial charge on any atom is 0.227 e. The van der Waals surface area contributed by atoms with Crippen LogP contribution < -0.4 is 14.2 Å². The normalized spacial score (nSPS) is 14.6. The molecule has 7 heteroatoms. The third-order valence-electron chi connectivity index (χ3n) is 5.17. The maximum atomic E-state index is 12.6. The standard InChI is InChI=1S/C22H27ClN2O4/c1-27-19-9-6-17(21(28-2)22(19)29-3)15-24-10-12-25(13-11-24)20(26)14-16-4-7-18(23)8-5-16/h4-9H,10-15H2,1-3H3. The topological polar surface area (TPSA) is 51.2 Å². The highest BCUT2D eigenvalue weighted by molar-refractivity contribution is 6.30. The largest absolute Gasteiger partial charge is 0.493 e. The van der Waals surface area contributed by atoms with Gasteiger partial charge in [0.15, 0.2) is 11.5 Å². The zero-order valence-corrected chi connectivity index (χ0v) is 17.9. The van der Waals surface area contributed by atoms with Crippen LogP contribution in [-0.4, -0.2) is 63.2 Å². The SMILES string of the molecule is COc1ccc(CN2CCN(C(=O)Cc3ccc(Cl)cc3)CC2)c(OC)c1OC. The second-order valence-electron chi connectivity index (χ2n) is 6.95. The Labute approximate surface area is 176 Å². The van der Waals surface area contributed by atoms with Crippen molar-refractivity contribution in [3.63, 3.8) is 0 Å². The van der Waals surface area contributed by atoms with Gasteiger partial charge in [0.25, 0.3) is 0 Å². The molecular formula is C22H27ClN2O4. The molecule has 0 bridgehead atoms. The fourth-order valence-corrected chi connectivity index (χ4v) is 3.70. The molecule has 0 aromatic heterocycles. The molecule has 1 aliphatic heterocycles. The molecule has 0 unspecified atom stereocenters. The number of carbonyl (C=O) groups is 1. The number of benzene rings is 2. The number of ether oxygens (including phenoxy) is 3. The van der Waals surface area contributed by atoms with Gasteiger partial charge in [0.2, 0.25) is 11.7 Å². The highest BCUT2D eigenvalue weighted by Gasteiger charge is 2.23. The van der Waals surface area contributed by atoms with Gasteiger partial charge < -0.3 is 19.1 Å². The first-order valence-electron chi connectivity index (χ1n) is 9.58. The Balaban J connectivity index is 1.58. The lowest BCUT2D eigenvalue weighted by Gasteiger charge is -2.35. The van der Waals surface area contributed by atoms with E-state index in [-0.39, 0.29) is 5.91 Å². The molecule has 1 amide bonds. The van der Waals surface area contributed by atoms with Gasteiger partial charge in [0.05, 0.1) is 27.8 Å². The quantitative estimate of drug-likeness (QED) is 0.690. The molecule has 0 N–H and O–H groups in total. The lowest BCUT2D eigenvalue weighted by molar-refractivity contribution is -0.132. The number of hydrogen-bond acceptors (Lipinski definition) is 5. The Kier molecular flexibility index (Phi) is 7.23. The van der Waals surface area contributed by atoms with Gasteiger partial charge in [-0.15, -0.1) is 0 Å². The third kappa shape index (κ3) is 5.14. The van der Waals surface area contributed by atoms with Crippen LogP contribution in [0.5, 0.6) is 17.2 Å². The van der Waals surface area contributed by atoms with Gasteiger partial charge in [-0.25, -0.2) is 0 Å². The van der Waals surface area contributed by atoms with Crippen molar-refractivity contribution in [2.75, 3.05) is 47.5 Å². The zero-order valence-electron chi connectivity index (χ0n) is 17.1. The van der Waals surface area contributed by atoms with Gasteiger partial charge in [0, 0.05) is 43.3 Å². The molecule has 6 nitrogen and oxygen atoms in total.